The van der Waals surface area contributed by atoms with Gasteiger partial charge in [-0.3, -0.25) is 4.79 Å². The molecule has 5 nitrogen and oxygen atoms in total. The van der Waals surface area contributed by atoms with Crippen LogP contribution in [0.25, 0.3) is 0 Å². The number of allylic oxidation sites excluding steroid dienone is 1. The normalized spacial score (nSPS) is 10.9. The molecule has 0 bridgehead atoms. The number of anilines is 1. The van der Waals surface area contributed by atoms with Crippen molar-refractivity contribution < 1.29 is 4.79 Å². The van der Waals surface area contributed by atoms with Crippen LogP contribution in [0.2, 0.25) is 0 Å². The average Bonchev–Trinajstić information content (AvgIpc) is 2.93. The summed E-state index contributed by atoms with van der Waals surface area (Å²) in [7, 11) is 0. The summed E-state index contributed by atoms with van der Waals surface area (Å²) in [6.07, 6.45) is 1.81. The second kappa shape index (κ2) is 8.15. The lowest BCUT2D eigenvalue weighted by molar-refractivity contribution is -0.113. The zero-order valence-corrected chi connectivity index (χ0v) is 15.5. The van der Waals surface area contributed by atoms with Crippen LogP contribution in [0.3, 0.4) is 0 Å². The monoisotopic (exact) mass is 344 g/mol. The van der Waals surface area contributed by atoms with E-state index in [1.165, 1.54) is 11.8 Å². The predicted molar refractivity (Wildman–Crippen MR) is 99.6 cm³/mol. The smallest absolute Gasteiger partial charge is 0.234 e. The highest BCUT2D eigenvalue weighted by atomic mass is 32.2. The molecule has 1 heterocycles. The van der Waals surface area contributed by atoms with Gasteiger partial charge in [-0.15, -0.1) is 16.8 Å². The lowest BCUT2D eigenvalue weighted by atomic mass is 10.1. The lowest BCUT2D eigenvalue weighted by Crippen LogP contribution is -2.16. The number of nitrogens with one attached hydrogen (secondary N) is 1. The van der Waals surface area contributed by atoms with Crippen LogP contribution in [-0.2, 0) is 11.3 Å². The van der Waals surface area contributed by atoms with Crippen molar-refractivity contribution in [2.75, 3.05) is 11.1 Å². The van der Waals surface area contributed by atoms with E-state index in [1.807, 2.05) is 42.7 Å². The van der Waals surface area contributed by atoms with E-state index < -0.39 is 0 Å². The van der Waals surface area contributed by atoms with Crippen LogP contribution in [0.1, 0.15) is 36.7 Å². The minimum atomic E-state index is -0.0482. The Morgan fingerprint density at radius 1 is 1.38 bits per heavy atom. The van der Waals surface area contributed by atoms with Crippen molar-refractivity contribution in [3.63, 3.8) is 0 Å². The van der Waals surface area contributed by atoms with Gasteiger partial charge in [0.05, 0.1) is 5.75 Å². The summed E-state index contributed by atoms with van der Waals surface area (Å²) in [5.41, 5.74) is 3.11. The van der Waals surface area contributed by atoms with E-state index in [-0.39, 0.29) is 11.8 Å². The fraction of sp³-hybridized carbons (Fsp3) is 0.389. The first-order valence-electron chi connectivity index (χ1n) is 7.97. The van der Waals surface area contributed by atoms with E-state index in [1.54, 1.807) is 0 Å². The Hall–Kier alpha value is -2.08. The molecule has 0 aliphatic rings. The fourth-order valence-corrected chi connectivity index (χ4v) is 3.09. The largest absolute Gasteiger partial charge is 0.325 e. The minimum absolute atomic E-state index is 0.0482. The molecular formula is C18H24N4OS. The summed E-state index contributed by atoms with van der Waals surface area (Å²) in [5, 5.41) is 12.2. The molecule has 6 heteroatoms. The maximum atomic E-state index is 12.2. The Bertz CT molecular complexity index is 737. The highest BCUT2D eigenvalue weighted by Gasteiger charge is 2.16. The molecule has 0 saturated heterocycles. The molecule has 1 aromatic carbocycles. The molecule has 128 valence electrons. The van der Waals surface area contributed by atoms with E-state index >= 15 is 0 Å². The molecule has 0 aliphatic heterocycles. The van der Waals surface area contributed by atoms with Gasteiger partial charge in [-0.25, -0.2) is 0 Å². The van der Waals surface area contributed by atoms with Crippen LogP contribution in [0.15, 0.2) is 36.0 Å². The number of carbonyl (C=O) groups excluding carboxylic acids is 1. The number of carbonyl (C=O) groups is 1. The molecule has 2 aromatic rings. The molecule has 0 spiro atoms. The lowest BCUT2D eigenvalue weighted by Gasteiger charge is -2.11. The van der Waals surface area contributed by atoms with E-state index in [9.17, 15) is 4.79 Å². The molecule has 24 heavy (non-hydrogen) atoms. The van der Waals surface area contributed by atoms with Gasteiger partial charge in [-0.1, -0.05) is 43.8 Å². The number of rotatable bonds is 7. The Labute approximate surface area is 147 Å². The fourth-order valence-electron chi connectivity index (χ4n) is 2.34. The van der Waals surface area contributed by atoms with Crippen LogP contribution >= 0.6 is 11.8 Å². The highest BCUT2D eigenvalue weighted by molar-refractivity contribution is 7.99. The summed E-state index contributed by atoms with van der Waals surface area (Å²) in [5.74, 6) is 1.43. The van der Waals surface area contributed by atoms with E-state index in [0.717, 1.165) is 27.8 Å². The number of nitrogens with zero attached hydrogens (tertiary/aromatic N) is 3. The number of hydrogen-bond donors (Lipinski definition) is 1. The van der Waals surface area contributed by atoms with Crippen LogP contribution in [0.4, 0.5) is 5.69 Å². The van der Waals surface area contributed by atoms with Gasteiger partial charge in [0.15, 0.2) is 5.16 Å². The number of amides is 1. The topological polar surface area (TPSA) is 59.8 Å². The molecule has 2 rings (SSSR count). The second-order valence-electron chi connectivity index (χ2n) is 5.98. The van der Waals surface area contributed by atoms with Gasteiger partial charge in [-0.05, 0) is 31.0 Å². The molecule has 0 radical (unpaired) electrons. The van der Waals surface area contributed by atoms with Crippen molar-refractivity contribution in [3.05, 3.63) is 47.8 Å². The van der Waals surface area contributed by atoms with E-state index in [4.69, 9.17) is 0 Å². The Kier molecular flexibility index (Phi) is 6.20. The summed E-state index contributed by atoms with van der Waals surface area (Å²) in [4.78, 5) is 12.2. The standard InChI is InChI=1S/C18H24N4OS/c1-6-10-22-17(12(2)3)20-21-18(22)24-11-16(23)19-15-9-7-8-13(4)14(15)5/h6-9,12H,1,10-11H2,2-5H3,(H,19,23). The number of thioether (sulfide) groups is 1. The molecule has 0 unspecified atom stereocenters. The minimum Gasteiger partial charge on any atom is -0.325 e. The van der Waals surface area contributed by atoms with Gasteiger partial charge < -0.3 is 9.88 Å². The molecule has 0 aliphatic carbocycles. The molecule has 1 aromatic heterocycles. The summed E-state index contributed by atoms with van der Waals surface area (Å²) < 4.78 is 2.01. The SMILES string of the molecule is C=CCn1c(SCC(=O)Nc2cccc(C)c2C)nnc1C(C)C. The summed E-state index contributed by atoms with van der Waals surface area (Å²) >= 11 is 1.39. The highest BCUT2D eigenvalue weighted by Crippen LogP contribution is 2.22. The molecule has 0 fully saturated rings. The maximum absolute atomic E-state index is 12.2. The number of aryl methyl sites for hydroxylation is 1. The summed E-state index contributed by atoms with van der Waals surface area (Å²) in [6, 6.07) is 5.90. The van der Waals surface area contributed by atoms with Crippen LogP contribution in [0.5, 0.6) is 0 Å². The van der Waals surface area contributed by atoms with Crippen LogP contribution < -0.4 is 5.32 Å². The maximum Gasteiger partial charge on any atom is 0.234 e. The first-order chi connectivity index (χ1) is 11.4. The van der Waals surface area contributed by atoms with Crippen molar-refractivity contribution >= 4 is 23.4 Å². The predicted octanol–water partition coefficient (Wildman–Crippen LogP) is 3.94. The number of hydrogen-bond acceptors (Lipinski definition) is 4. The zero-order valence-electron chi connectivity index (χ0n) is 14.7. The zero-order chi connectivity index (χ0) is 17.7. The Morgan fingerprint density at radius 3 is 2.79 bits per heavy atom. The van der Waals surface area contributed by atoms with E-state index in [0.29, 0.717) is 12.3 Å². The van der Waals surface area contributed by atoms with Crippen molar-refractivity contribution in [3.8, 4) is 0 Å². The van der Waals surface area contributed by atoms with Gasteiger partial charge in [0, 0.05) is 18.2 Å². The van der Waals surface area contributed by atoms with Gasteiger partial charge in [-0.2, -0.15) is 0 Å². The summed E-state index contributed by atoms with van der Waals surface area (Å²) in [6.45, 7) is 12.6. The van der Waals surface area contributed by atoms with Crippen LogP contribution in [0, 0.1) is 13.8 Å². The third-order valence-corrected chi connectivity index (χ3v) is 4.75. The second-order valence-corrected chi connectivity index (χ2v) is 6.92. The third-order valence-electron chi connectivity index (χ3n) is 3.78. The van der Waals surface area contributed by atoms with Crippen molar-refractivity contribution in [1.82, 2.24) is 14.8 Å². The molecule has 0 saturated carbocycles. The van der Waals surface area contributed by atoms with Gasteiger partial charge in [0.2, 0.25) is 5.91 Å². The Balaban J connectivity index is 2.04. The van der Waals surface area contributed by atoms with Gasteiger partial charge in [0.25, 0.3) is 0 Å². The number of aromatic nitrogens is 3. The molecule has 0 atom stereocenters. The first-order valence-corrected chi connectivity index (χ1v) is 8.95. The van der Waals surface area contributed by atoms with Crippen LogP contribution in [-0.4, -0.2) is 26.4 Å². The molecular weight excluding hydrogens is 320 g/mol. The molecule has 1 N–H and O–H groups in total. The quantitative estimate of drug-likeness (QED) is 0.610. The van der Waals surface area contributed by atoms with Gasteiger partial charge >= 0.3 is 0 Å². The first kappa shape index (κ1) is 18.3. The van der Waals surface area contributed by atoms with Crippen molar-refractivity contribution in [1.29, 1.82) is 0 Å². The third kappa shape index (κ3) is 4.26. The van der Waals surface area contributed by atoms with Gasteiger partial charge in [0.1, 0.15) is 5.82 Å². The Morgan fingerprint density at radius 2 is 2.12 bits per heavy atom. The van der Waals surface area contributed by atoms with Crippen molar-refractivity contribution in [2.45, 2.75) is 45.3 Å². The van der Waals surface area contributed by atoms with Crippen molar-refractivity contribution in [2.24, 2.45) is 0 Å². The van der Waals surface area contributed by atoms with E-state index in [2.05, 4.69) is 35.9 Å². The molecule has 1 amide bonds. The number of benzene rings is 1. The average molecular weight is 344 g/mol.